The first-order valence-corrected chi connectivity index (χ1v) is 7.73. The molecule has 0 saturated heterocycles. The summed E-state index contributed by atoms with van der Waals surface area (Å²) in [6.45, 7) is 5.66. The van der Waals surface area contributed by atoms with Crippen LogP contribution in [0.3, 0.4) is 0 Å². The van der Waals surface area contributed by atoms with E-state index in [1.807, 2.05) is 6.92 Å². The highest BCUT2D eigenvalue weighted by Gasteiger charge is 2.23. The normalized spacial score (nSPS) is 15.4. The van der Waals surface area contributed by atoms with Gasteiger partial charge >= 0.3 is 0 Å². The smallest absolute Gasteiger partial charge is 0.240 e. The summed E-state index contributed by atoms with van der Waals surface area (Å²) in [5.41, 5.74) is 0. The van der Waals surface area contributed by atoms with Crippen LogP contribution in [0.2, 0.25) is 0 Å². The number of rotatable bonds is 7. The van der Waals surface area contributed by atoms with Crippen molar-refractivity contribution >= 4 is 27.5 Å². The Balaban J connectivity index is 4.47. The molecule has 0 aromatic heterocycles. The average molecular weight is 285 g/mol. The Morgan fingerprint density at radius 3 is 2.35 bits per heavy atom. The van der Waals surface area contributed by atoms with Crippen molar-refractivity contribution in [1.82, 2.24) is 9.62 Å². The van der Waals surface area contributed by atoms with Crippen LogP contribution >= 0.6 is 11.6 Å². The standard InChI is InChI=1S/C10H21ClN2O3S/c1-5-13(4)10(14)9(3)12-17(15,16)7-8(2)6-11/h8-9,12H,5-7H2,1-4H3. The molecule has 7 heteroatoms. The third kappa shape index (κ3) is 6.24. The summed E-state index contributed by atoms with van der Waals surface area (Å²) in [4.78, 5) is 13.2. The summed E-state index contributed by atoms with van der Waals surface area (Å²) in [7, 11) is -1.83. The molecule has 2 unspecified atom stereocenters. The van der Waals surface area contributed by atoms with E-state index >= 15 is 0 Å². The maximum Gasteiger partial charge on any atom is 0.240 e. The van der Waals surface area contributed by atoms with E-state index in [2.05, 4.69) is 4.72 Å². The number of amides is 1. The van der Waals surface area contributed by atoms with E-state index in [9.17, 15) is 13.2 Å². The first kappa shape index (κ1) is 16.7. The third-order valence-electron chi connectivity index (χ3n) is 2.34. The number of sulfonamides is 1. The molecule has 0 bridgehead atoms. The largest absolute Gasteiger partial charge is 0.345 e. The lowest BCUT2D eigenvalue weighted by Crippen LogP contribution is -2.46. The molecule has 0 spiro atoms. The molecule has 0 radical (unpaired) electrons. The lowest BCUT2D eigenvalue weighted by atomic mass is 10.3. The van der Waals surface area contributed by atoms with Crippen molar-refractivity contribution in [3.63, 3.8) is 0 Å². The van der Waals surface area contributed by atoms with Gasteiger partial charge in [-0.1, -0.05) is 6.92 Å². The van der Waals surface area contributed by atoms with Gasteiger partial charge < -0.3 is 4.90 Å². The van der Waals surface area contributed by atoms with Crippen LogP contribution in [0.1, 0.15) is 20.8 Å². The quantitative estimate of drug-likeness (QED) is 0.698. The summed E-state index contributed by atoms with van der Waals surface area (Å²) >= 11 is 5.56. The Labute approximate surface area is 109 Å². The molecule has 0 aromatic carbocycles. The highest BCUT2D eigenvalue weighted by atomic mass is 35.5. The average Bonchev–Trinajstić information content (AvgIpc) is 2.25. The maximum atomic E-state index is 11.7. The second-order valence-electron chi connectivity index (χ2n) is 4.23. The van der Waals surface area contributed by atoms with E-state index in [1.54, 1.807) is 14.0 Å². The molecule has 0 saturated carbocycles. The van der Waals surface area contributed by atoms with Gasteiger partial charge in [-0.2, -0.15) is 0 Å². The van der Waals surface area contributed by atoms with Crippen molar-refractivity contribution in [2.45, 2.75) is 26.8 Å². The van der Waals surface area contributed by atoms with Gasteiger partial charge in [0.15, 0.2) is 0 Å². The summed E-state index contributed by atoms with van der Waals surface area (Å²) in [6, 6.07) is -0.743. The van der Waals surface area contributed by atoms with Crippen molar-refractivity contribution in [3.8, 4) is 0 Å². The predicted octanol–water partition coefficient (Wildman–Crippen LogP) is 0.647. The van der Waals surface area contributed by atoms with Gasteiger partial charge in [-0.15, -0.1) is 11.6 Å². The minimum atomic E-state index is -3.46. The van der Waals surface area contributed by atoms with Crippen molar-refractivity contribution < 1.29 is 13.2 Å². The minimum absolute atomic E-state index is 0.0655. The molecule has 0 aromatic rings. The van der Waals surface area contributed by atoms with Crippen LogP contribution in [0.15, 0.2) is 0 Å². The molecule has 1 N–H and O–H groups in total. The molecule has 0 aliphatic rings. The number of hydrogen-bond acceptors (Lipinski definition) is 3. The van der Waals surface area contributed by atoms with Gasteiger partial charge in [-0.3, -0.25) is 4.79 Å². The van der Waals surface area contributed by atoms with Crippen LogP contribution in [-0.4, -0.2) is 50.5 Å². The number of likely N-dealkylation sites (N-methyl/N-ethyl adjacent to an activating group) is 1. The fourth-order valence-corrected chi connectivity index (χ4v) is 3.11. The van der Waals surface area contributed by atoms with Gasteiger partial charge in [0.05, 0.1) is 11.8 Å². The fourth-order valence-electron chi connectivity index (χ4n) is 1.27. The summed E-state index contributed by atoms with van der Waals surface area (Å²) in [6.07, 6.45) is 0. The Bertz CT molecular complexity index is 345. The molecule has 0 rings (SSSR count). The van der Waals surface area contributed by atoms with E-state index in [0.717, 1.165) is 0 Å². The molecule has 1 amide bonds. The number of hydrogen-bond donors (Lipinski definition) is 1. The number of carbonyl (C=O) groups is 1. The topological polar surface area (TPSA) is 66.5 Å². The summed E-state index contributed by atoms with van der Waals surface area (Å²) < 4.78 is 25.7. The SMILES string of the molecule is CCN(C)C(=O)C(C)NS(=O)(=O)CC(C)CCl. The molecule has 5 nitrogen and oxygen atoms in total. The molecule has 102 valence electrons. The lowest BCUT2D eigenvalue weighted by Gasteiger charge is -2.21. The van der Waals surface area contributed by atoms with Crippen LogP contribution in [0.5, 0.6) is 0 Å². The molecule has 0 aliphatic carbocycles. The molecule has 0 aliphatic heterocycles. The first-order valence-electron chi connectivity index (χ1n) is 5.54. The van der Waals surface area contributed by atoms with E-state index in [1.165, 1.54) is 11.8 Å². The van der Waals surface area contributed by atoms with Gasteiger partial charge in [-0.05, 0) is 19.8 Å². The highest BCUT2D eigenvalue weighted by Crippen LogP contribution is 2.03. The van der Waals surface area contributed by atoms with Crippen LogP contribution in [-0.2, 0) is 14.8 Å². The van der Waals surface area contributed by atoms with Crippen LogP contribution in [0, 0.1) is 5.92 Å². The Morgan fingerprint density at radius 1 is 1.41 bits per heavy atom. The van der Waals surface area contributed by atoms with Gasteiger partial charge in [0.25, 0.3) is 0 Å². The number of halogens is 1. The molecule has 2 atom stereocenters. The third-order valence-corrected chi connectivity index (χ3v) is 4.59. The van der Waals surface area contributed by atoms with Gasteiger partial charge in [0, 0.05) is 19.5 Å². The van der Waals surface area contributed by atoms with E-state index in [4.69, 9.17) is 11.6 Å². The lowest BCUT2D eigenvalue weighted by molar-refractivity contribution is -0.131. The maximum absolute atomic E-state index is 11.7. The van der Waals surface area contributed by atoms with E-state index in [0.29, 0.717) is 6.54 Å². The summed E-state index contributed by atoms with van der Waals surface area (Å²) in [5.74, 6) is -0.169. The molecule has 17 heavy (non-hydrogen) atoms. The Hall–Kier alpha value is -0.330. The van der Waals surface area contributed by atoms with Crippen LogP contribution < -0.4 is 4.72 Å². The number of alkyl halides is 1. The molecule has 0 heterocycles. The number of carbonyl (C=O) groups excluding carboxylic acids is 1. The van der Waals surface area contributed by atoms with E-state index in [-0.39, 0.29) is 23.5 Å². The van der Waals surface area contributed by atoms with Gasteiger partial charge in [0.1, 0.15) is 0 Å². The highest BCUT2D eigenvalue weighted by molar-refractivity contribution is 7.89. The zero-order valence-electron chi connectivity index (χ0n) is 10.7. The first-order chi connectivity index (χ1) is 7.73. The van der Waals surface area contributed by atoms with Gasteiger partial charge in [-0.25, -0.2) is 13.1 Å². The molecule has 0 fully saturated rings. The van der Waals surface area contributed by atoms with Crippen molar-refractivity contribution in [2.75, 3.05) is 25.2 Å². The minimum Gasteiger partial charge on any atom is -0.345 e. The van der Waals surface area contributed by atoms with E-state index < -0.39 is 16.1 Å². The van der Waals surface area contributed by atoms with Gasteiger partial charge in [0.2, 0.25) is 15.9 Å². The van der Waals surface area contributed by atoms with Crippen molar-refractivity contribution in [1.29, 1.82) is 0 Å². The second kappa shape index (κ2) is 7.18. The Kier molecular flexibility index (Phi) is 7.04. The number of nitrogens with zero attached hydrogens (tertiary/aromatic N) is 1. The van der Waals surface area contributed by atoms with Crippen LogP contribution in [0.25, 0.3) is 0 Å². The second-order valence-corrected chi connectivity index (χ2v) is 6.34. The Morgan fingerprint density at radius 2 is 1.94 bits per heavy atom. The summed E-state index contributed by atoms with van der Waals surface area (Å²) in [5, 5.41) is 0. The zero-order chi connectivity index (χ0) is 13.6. The zero-order valence-corrected chi connectivity index (χ0v) is 12.3. The monoisotopic (exact) mass is 284 g/mol. The van der Waals surface area contributed by atoms with Crippen molar-refractivity contribution in [3.05, 3.63) is 0 Å². The predicted molar refractivity (Wildman–Crippen MR) is 69.6 cm³/mol. The molecular weight excluding hydrogens is 264 g/mol. The van der Waals surface area contributed by atoms with Crippen LogP contribution in [0.4, 0.5) is 0 Å². The fraction of sp³-hybridized carbons (Fsp3) is 0.900. The van der Waals surface area contributed by atoms with Crippen molar-refractivity contribution in [2.24, 2.45) is 5.92 Å². The number of nitrogens with one attached hydrogen (secondary N) is 1. The molecular formula is C10H21ClN2O3S.